The third kappa shape index (κ3) is 4.18. The van der Waals surface area contributed by atoms with Crippen LogP contribution in [0.15, 0.2) is 57.4 Å². The fourth-order valence-electron chi connectivity index (χ4n) is 2.23. The lowest BCUT2D eigenvalue weighted by Crippen LogP contribution is -1.92. The second-order valence-corrected chi connectivity index (χ2v) is 6.71. The van der Waals surface area contributed by atoms with Crippen LogP contribution in [-0.4, -0.2) is 25.4 Å². The summed E-state index contributed by atoms with van der Waals surface area (Å²) in [6.45, 7) is 0. The fraction of sp³-hybridized carbons (Fsp3) is 0.111. The third-order valence-electron chi connectivity index (χ3n) is 3.44. The molecule has 2 aromatic carbocycles. The predicted molar refractivity (Wildman–Crippen MR) is 106 cm³/mol. The smallest absolute Gasteiger partial charge is 0.203 e. The van der Waals surface area contributed by atoms with Crippen molar-refractivity contribution in [1.29, 1.82) is 0 Å². The molecule has 1 aromatic heterocycles. The molecule has 0 aliphatic rings. The fourth-order valence-corrected chi connectivity index (χ4v) is 3.45. The zero-order valence-electron chi connectivity index (χ0n) is 13.7. The highest BCUT2D eigenvalue weighted by molar-refractivity contribution is 9.10. The van der Waals surface area contributed by atoms with Gasteiger partial charge in [-0.05, 0) is 51.8 Å². The SMILES string of the molecule is COc1ccc(/C=N\Nc2nc(-c3ccccc3OC)cs2)cc1Br. The standard InChI is InChI=1S/C18H16BrN3O2S/c1-23-16-6-4-3-5-13(16)15-11-25-18(21-15)22-20-10-12-7-8-17(24-2)14(19)9-12/h3-11H,1-2H3,(H,21,22)/b20-10-. The average molecular weight is 418 g/mol. The summed E-state index contributed by atoms with van der Waals surface area (Å²) in [5.74, 6) is 1.58. The summed E-state index contributed by atoms with van der Waals surface area (Å²) >= 11 is 4.94. The molecule has 0 fully saturated rings. The third-order valence-corrected chi connectivity index (χ3v) is 4.80. The predicted octanol–water partition coefficient (Wildman–Crippen LogP) is 5.04. The Morgan fingerprint density at radius 2 is 1.92 bits per heavy atom. The maximum absolute atomic E-state index is 5.38. The van der Waals surface area contributed by atoms with Crippen molar-refractivity contribution in [2.45, 2.75) is 0 Å². The molecule has 0 unspecified atom stereocenters. The Balaban J connectivity index is 1.70. The Morgan fingerprint density at radius 1 is 1.12 bits per heavy atom. The molecule has 0 spiro atoms. The summed E-state index contributed by atoms with van der Waals surface area (Å²) in [5, 5.41) is 6.92. The van der Waals surface area contributed by atoms with Crippen LogP contribution in [0.1, 0.15) is 5.56 Å². The summed E-state index contributed by atoms with van der Waals surface area (Å²) in [6.07, 6.45) is 1.73. The molecule has 3 rings (SSSR count). The van der Waals surface area contributed by atoms with Gasteiger partial charge in [-0.1, -0.05) is 12.1 Å². The van der Waals surface area contributed by atoms with Crippen molar-refractivity contribution in [2.75, 3.05) is 19.6 Å². The number of halogens is 1. The Labute approximate surface area is 158 Å². The first-order chi connectivity index (χ1) is 12.2. The van der Waals surface area contributed by atoms with Gasteiger partial charge >= 0.3 is 0 Å². The van der Waals surface area contributed by atoms with E-state index in [4.69, 9.17) is 9.47 Å². The van der Waals surface area contributed by atoms with Crippen molar-refractivity contribution >= 4 is 38.6 Å². The van der Waals surface area contributed by atoms with Gasteiger partial charge < -0.3 is 9.47 Å². The number of hydrogen-bond donors (Lipinski definition) is 1. The number of methoxy groups -OCH3 is 2. The molecule has 1 N–H and O–H groups in total. The second-order valence-electron chi connectivity index (χ2n) is 5.00. The van der Waals surface area contributed by atoms with Gasteiger partial charge in [0.05, 0.1) is 30.6 Å². The lowest BCUT2D eigenvalue weighted by Gasteiger charge is -2.04. The number of benzene rings is 2. The summed E-state index contributed by atoms with van der Waals surface area (Å²) in [4.78, 5) is 4.55. The molecule has 0 atom stereocenters. The molecular formula is C18H16BrN3O2S. The maximum atomic E-state index is 5.38. The Bertz CT molecular complexity index is 896. The molecule has 0 bridgehead atoms. The Hall–Kier alpha value is -2.38. The second kappa shape index (κ2) is 8.13. The van der Waals surface area contributed by atoms with Crippen molar-refractivity contribution in [3.05, 3.63) is 57.9 Å². The van der Waals surface area contributed by atoms with E-state index in [0.717, 1.165) is 32.8 Å². The minimum atomic E-state index is 0.713. The van der Waals surface area contributed by atoms with Crippen molar-refractivity contribution in [3.8, 4) is 22.8 Å². The van der Waals surface area contributed by atoms with Crippen LogP contribution in [0.2, 0.25) is 0 Å². The van der Waals surface area contributed by atoms with Gasteiger partial charge in [0.25, 0.3) is 0 Å². The number of para-hydroxylation sites is 1. The zero-order valence-corrected chi connectivity index (χ0v) is 16.1. The lowest BCUT2D eigenvalue weighted by atomic mass is 10.1. The molecular weight excluding hydrogens is 402 g/mol. The number of nitrogens with zero attached hydrogens (tertiary/aromatic N) is 2. The van der Waals surface area contributed by atoms with Gasteiger partial charge in [-0.25, -0.2) is 4.98 Å². The Kier molecular flexibility index (Phi) is 5.67. The summed E-state index contributed by atoms with van der Waals surface area (Å²) in [7, 11) is 3.29. The van der Waals surface area contributed by atoms with Crippen LogP contribution in [0, 0.1) is 0 Å². The molecule has 5 nitrogen and oxygen atoms in total. The number of ether oxygens (including phenoxy) is 2. The normalized spacial score (nSPS) is 10.8. The molecule has 128 valence electrons. The largest absolute Gasteiger partial charge is 0.496 e. The number of nitrogens with one attached hydrogen (secondary N) is 1. The number of hydrazone groups is 1. The molecule has 0 aliphatic carbocycles. The van der Waals surface area contributed by atoms with Crippen molar-refractivity contribution < 1.29 is 9.47 Å². The van der Waals surface area contributed by atoms with Crippen LogP contribution in [-0.2, 0) is 0 Å². The van der Waals surface area contributed by atoms with Gasteiger partial charge in [-0.2, -0.15) is 5.10 Å². The van der Waals surface area contributed by atoms with E-state index in [9.17, 15) is 0 Å². The van der Waals surface area contributed by atoms with Crippen LogP contribution >= 0.6 is 27.3 Å². The number of aromatic nitrogens is 1. The Morgan fingerprint density at radius 3 is 2.68 bits per heavy atom. The molecule has 1 heterocycles. The van der Waals surface area contributed by atoms with Gasteiger partial charge in [0.1, 0.15) is 11.5 Å². The van der Waals surface area contributed by atoms with Crippen LogP contribution in [0.3, 0.4) is 0 Å². The van der Waals surface area contributed by atoms with E-state index < -0.39 is 0 Å². The highest BCUT2D eigenvalue weighted by atomic mass is 79.9. The average Bonchev–Trinajstić information content (AvgIpc) is 3.10. The molecule has 3 aromatic rings. The summed E-state index contributed by atoms with van der Waals surface area (Å²) < 4.78 is 11.5. The van der Waals surface area contributed by atoms with Gasteiger partial charge in [-0.3, -0.25) is 5.43 Å². The minimum absolute atomic E-state index is 0.713. The highest BCUT2D eigenvalue weighted by Crippen LogP contribution is 2.31. The quantitative estimate of drug-likeness (QED) is 0.450. The lowest BCUT2D eigenvalue weighted by molar-refractivity contribution is 0.412. The van der Waals surface area contributed by atoms with Crippen LogP contribution in [0.4, 0.5) is 5.13 Å². The first-order valence-corrected chi connectivity index (χ1v) is 9.10. The maximum Gasteiger partial charge on any atom is 0.203 e. The van der Waals surface area contributed by atoms with Crippen LogP contribution in [0.25, 0.3) is 11.3 Å². The molecule has 0 saturated carbocycles. The molecule has 0 saturated heterocycles. The van der Waals surface area contributed by atoms with Crippen molar-refractivity contribution in [3.63, 3.8) is 0 Å². The zero-order chi connectivity index (χ0) is 17.6. The van der Waals surface area contributed by atoms with Crippen molar-refractivity contribution in [1.82, 2.24) is 4.98 Å². The van der Waals surface area contributed by atoms with Crippen LogP contribution < -0.4 is 14.9 Å². The van der Waals surface area contributed by atoms with E-state index in [2.05, 4.69) is 31.4 Å². The number of hydrogen-bond acceptors (Lipinski definition) is 6. The van der Waals surface area contributed by atoms with E-state index >= 15 is 0 Å². The van der Waals surface area contributed by atoms with E-state index in [1.54, 1.807) is 20.4 Å². The molecule has 0 aliphatic heterocycles. The molecule has 0 radical (unpaired) electrons. The van der Waals surface area contributed by atoms with Crippen LogP contribution in [0.5, 0.6) is 11.5 Å². The monoisotopic (exact) mass is 417 g/mol. The summed E-state index contributed by atoms with van der Waals surface area (Å²) in [5.41, 5.74) is 5.71. The molecule has 7 heteroatoms. The molecule has 0 amide bonds. The summed E-state index contributed by atoms with van der Waals surface area (Å²) in [6, 6.07) is 13.5. The molecule has 25 heavy (non-hydrogen) atoms. The van der Waals surface area contributed by atoms with Gasteiger partial charge in [-0.15, -0.1) is 11.3 Å². The van der Waals surface area contributed by atoms with E-state index in [1.165, 1.54) is 11.3 Å². The van der Waals surface area contributed by atoms with Gasteiger partial charge in [0, 0.05) is 10.9 Å². The minimum Gasteiger partial charge on any atom is -0.496 e. The van der Waals surface area contributed by atoms with Crippen molar-refractivity contribution in [2.24, 2.45) is 5.10 Å². The van der Waals surface area contributed by atoms with Gasteiger partial charge in [0.2, 0.25) is 5.13 Å². The first kappa shape index (κ1) is 17.4. The number of thiazole rings is 1. The van der Waals surface area contributed by atoms with E-state index in [1.807, 2.05) is 47.8 Å². The number of anilines is 1. The topological polar surface area (TPSA) is 55.7 Å². The van der Waals surface area contributed by atoms with E-state index in [0.29, 0.717) is 5.13 Å². The van der Waals surface area contributed by atoms with E-state index in [-0.39, 0.29) is 0 Å². The number of rotatable bonds is 6. The van der Waals surface area contributed by atoms with Gasteiger partial charge in [0.15, 0.2) is 0 Å². The highest BCUT2D eigenvalue weighted by Gasteiger charge is 2.08. The first-order valence-electron chi connectivity index (χ1n) is 7.43.